The summed E-state index contributed by atoms with van der Waals surface area (Å²) in [4.78, 5) is 37.9. The van der Waals surface area contributed by atoms with Gasteiger partial charge in [0.2, 0.25) is 21.8 Å². The molecule has 1 aromatic rings. The second-order valence-electron chi connectivity index (χ2n) is 7.90. The summed E-state index contributed by atoms with van der Waals surface area (Å²) < 4.78 is 33.0. The molecule has 0 spiro atoms. The van der Waals surface area contributed by atoms with Crippen LogP contribution in [0, 0.1) is 0 Å². The van der Waals surface area contributed by atoms with Gasteiger partial charge in [0, 0.05) is 38.2 Å². The van der Waals surface area contributed by atoms with Crippen molar-refractivity contribution in [1.29, 1.82) is 0 Å². The summed E-state index contributed by atoms with van der Waals surface area (Å²) in [5.74, 6) is -1.32. The van der Waals surface area contributed by atoms with Crippen LogP contribution in [0.25, 0.3) is 0 Å². The first kappa shape index (κ1) is 21.4. The molecule has 3 amide bonds. The number of imide groups is 1. The third kappa shape index (κ3) is 3.67. The number of nitrogens with zero attached hydrogens (tertiary/aromatic N) is 2. The Labute approximate surface area is 170 Å². The molecule has 158 valence electrons. The Morgan fingerprint density at radius 3 is 2.59 bits per heavy atom. The van der Waals surface area contributed by atoms with E-state index in [1.54, 1.807) is 19.9 Å². The SMILES string of the molecule is COCC(C)(C)N(C)S(=O)(=O)c1cccc2c1CN(C1CCC(=O)NC1=O)C2=O. The Balaban J connectivity index is 1.97. The highest BCUT2D eigenvalue weighted by molar-refractivity contribution is 7.89. The number of carbonyl (C=O) groups is 3. The number of ether oxygens (including phenoxy) is 1. The standard InChI is InChI=1S/C19H25N3O6S/c1-19(2,11-28-4)21(3)29(26,27)15-7-5-6-12-13(15)10-22(18(12)25)14-8-9-16(23)20-17(14)24/h5-7,14H,8-11H2,1-4H3,(H,20,23,24). The zero-order chi connectivity index (χ0) is 21.6. The number of nitrogens with one attached hydrogen (secondary N) is 1. The van der Waals surface area contributed by atoms with Crippen molar-refractivity contribution < 1.29 is 27.5 Å². The molecule has 0 radical (unpaired) electrons. The lowest BCUT2D eigenvalue weighted by atomic mass is 10.0. The summed E-state index contributed by atoms with van der Waals surface area (Å²) >= 11 is 0. The number of fused-ring (bicyclic) bond motifs is 1. The van der Waals surface area contributed by atoms with Crippen molar-refractivity contribution in [2.75, 3.05) is 20.8 Å². The van der Waals surface area contributed by atoms with E-state index in [4.69, 9.17) is 4.74 Å². The fraction of sp³-hybridized carbons (Fsp3) is 0.526. The molecule has 1 fully saturated rings. The lowest BCUT2D eigenvalue weighted by Gasteiger charge is -2.34. The first-order valence-electron chi connectivity index (χ1n) is 9.25. The van der Waals surface area contributed by atoms with E-state index in [1.165, 1.54) is 35.5 Å². The number of piperidine rings is 1. The van der Waals surface area contributed by atoms with Crippen molar-refractivity contribution in [3.05, 3.63) is 29.3 Å². The van der Waals surface area contributed by atoms with E-state index in [0.717, 1.165) is 0 Å². The van der Waals surface area contributed by atoms with Crippen LogP contribution in [0.3, 0.4) is 0 Å². The quantitative estimate of drug-likeness (QED) is 0.667. The van der Waals surface area contributed by atoms with Gasteiger partial charge in [-0.3, -0.25) is 19.7 Å². The van der Waals surface area contributed by atoms with Crippen molar-refractivity contribution in [2.24, 2.45) is 0 Å². The van der Waals surface area contributed by atoms with Crippen LogP contribution in [-0.2, 0) is 30.9 Å². The van der Waals surface area contributed by atoms with Crippen LogP contribution in [0.15, 0.2) is 23.1 Å². The lowest BCUT2D eigenvalue weighted by molar-refractivity contribution is -0.136. The van der Waals surface area contributed by atoms with Gasteiger partial charge in [-0.25, -0.2) is 8.42 Å². The normalized spacial score (nSPS) is 20.2. The number of hydrogen-bond donors (Lipinski definition) is 1. The molecule has 2 heterocycles. The predicted octanol–water partition coefficient (Wildman–Crippen LogP) is 0.493. The Morgan fingerprint density at radius 1 is 1.28 bits per heavy atom. The van der Waals surface area contributed by atoms with Gasteiger partial charge < -0.3 is 9.64 Å². The minimum absolute atomic E-state index is 0.00556. The first-order chi connectivity index (χ1) is 13.5. The molecular formula is C19H25N3O6S. The van der Waals surface area contributed by atoms with Gasteiger partial charge in [-0.15, -0.1) is 0 Å². The van der Waals surface area contributed by atoms with E-state index in [9.17, 15) is 22.8 Å². The second-order valence-corrected chi connectivity index (χ2v) is 9.84. The molecule has 1 saturated heterocycles. The van der Waals surface area contributed by atoms with Crippen LogP contribution < -0.4 is 5.32 Å². The summed E-state index contributed by atoms with van der Waals surface area (Å²) in [6, 6.07) is 3.75. The highest BCUT2D eigenvalue weighted by atomic mass is 32.2. The number of methoxy groups -OCH3 is 1. The van der Waals surface area contributed by atoms with Crippen LogP contribution in [0.4, 0.5) is 0 Å². The van der Waals surface area contributed by atoms with Crippen LogP contribution in [-0.4, -0.2) is 67.7 Å². The fourth-order valence-electron chi connectivity index (χ4n) is 3.72. The smallest absolute Gasteiger partial charge is 0.255 e. The summed E-state index contributed by atoms with van der Waals surface area (Å²) in [7, 11) is -0.951. The Morgan fingerprint density at radius 2 is 1.97 bits per heavy atom. The molecule has 0 saturated carbocycles. The minimum atomic E-state index is -3.92. The molecule has 1 N–H and O–H groups in total. The largest absolute Gasteiger partial charge is 0.383 e. The predicted molar refractivity (Wildman–Crippen MR) is 103 cm³/mol. The van der Waals surface area contributed by atoms with Crippen molar-refractivity contribution in [1.82, 2.24) is 14.5 Å². The molecule has 1 aromatic carbocycles. The Bertz CT molecular complexity index is 972. The monoisotopic (exact) mass is 423 g/mol. The third-order valence-electron chi connectivity index (χ3n) is 5.53. The van der Waals surface area contributed by atoms with Crippen LogP contribution >= 0.6 is 0 Å². The number of sulfonamides is 1. The van der Waals surface area contributed by atoms with E-state index < -0.39 is 33.4 Å². The summed E-state index contributed by atoms with van der Waals surface area (Å²) in [5.41, 5.74) is -0.182. The first-order valence-corrected chi connectivity index (χ1v) is 10.7. The van der Waals surface area contributed by atoms with Gasteiger partial charge in [0.15, 0.2) is 0 Å². The number of hydrogen-bond acceptors (Lipinski definition) is 6. The molecule has 10 heteroatoms. The van der Waals surface area contributed by atoms with Crippen molar-refractivity contribution in [2.45, 2.75) is 49.7 Å². The Kier molecular flexibility index (Phi) is 5.54. The fourth-order valence-corrected chi connectivity index (χ4v) is 5.45. The number of benzene rings is 1. The molecule has 2 aliphatic rings. The second kappa shape index (κ2) is 7.51. The highest BCUT2D eigenvalue weighted by Gasteiger charge is 2.43. The third-order valence-corrected chi connectivity index (χ3v) is 7.68. The van der Waals surface area contributed by atoms with E-state index in [0.29, 0.717) is 5.56 Å². The van der Waals surface area contributed by atoms with Crippen molar-refractivity contribution in [3.63, 3.8) is 0 Å². The van der Waals surface area contributed by atoms with E-state index in [1.807, 2.05) is 0 Å². The van der Waals surface area contributed by atoms with Gasteiger partial charge in [0.1, 0.15) is 6.04 Å². The van der Waals surface area contributed by atoms with Crippen molar-refractivity contribution >= 4 is 27.7 Å². The topological polar surface area (TPSA) is 113 Å². The molecule has 3 rings (SSSR count). The number of amides is 3. The maximum atomic E-state index is 13.3. The Hall–Kier alpha value is -2.30. The summed E-state index contributed by atoms with van der Waals surface area (Å²) in [6.07, 6.45) is 0.350. The number of rotatable bonds is 6. The van der Waals surface area contributed by atoms with Crippen LogP contribution in [0.5, 0.6) is 0 Å². The average molecular weight is 423 g/mol. The molecule has 2 aliphatic heterocycles. The van der Waals surface area contributed by atoms with E-state index in [2.05, 4.69) is 5.32 Å². The van der Waals surface area contributed by atoms with Gasteiger partial charge in [-0.1, -0.05) is 6.07 Å². The zero-order valence-electron chi connectivity index (χ0n) is 16.9. The maximum absolute atomic E-state index is 13.3. The molecule has 9 nitrogen and oxygen atoms in total. The summed E-state index contributed by atoms with van der Waals surface area (Å²) in [6.45, 7) is 3.68. The van der Waals surface area contributed by atoms with Gasteiger partial charge in [-0.2, -0.15) is 4.31 Å². The van der Waals surface area contributed by atoms with Gasteiger partial charge in [-0.05, 0) is 32.4 Å². The molecule has 0 aromatic heterocycles. The molecular weight excluding hydrogens is 398 g/mol. The number of likely N-dealkylation sites (N-methyl/N-ethyl adjacent to an activating group) is 1. The van der Waals surface area contributed by atoms with Gasteiger partial charge in [0.25, 0.3) is 5.91 Å². The lowest BCUT2D eigenvalue weighted by Crippen LogP contribution is -2.52. The van der Waals surface area contributed by atoms with E-state index >= 15 is 0 Å². The van der Waals surface area contributed by atoms with Crippen LogP contribution in [0.1, 0.15) is 42.6 Å². The molecule has 29 heavy (non-hydrogen) atoms. The number of carbonyl (C=O) groups excluding carboxylic acids is 3. The minimum Gasteiger partial charge on any atom is -0.383 e. The molecule has 0 aliphatic carbocycles. The van der Waals surface area contributed by atoms with E-state index in [-0.39, 0.29) is 42.4 Å². The zero-order valence-corrected chi connectivity index (χ0v) is 17.7. The molecule has 0 bridgehead atoms. The molecule has 1 atom stereocenters. The van der Waals surface area contributed by atoms with Crippen LogP contribution in [0.2, 0.25) is 0 Å². The summed E-state index contributed by atoms with van der Waals surface area (Å²) in [5, 5.41) is 2.24. The average Bonchev–Trinajstić information content (AvgIpc) is 2.97. The van der Waals surface area contributed by atoms with Crippen molar-refractivity contribution in [3.8, 4) is 0 Å². The van der Waals surface area contributed by atoms with Gasteiger partial charge >= 0.3 is 0 Å². The maximum Gasteiger partial charge on any atom is 0.255 e. The van der Waals surface area contributed by atoms with Gasteiger partial charge in [0.05, 0.1) is 17.0 Å². The highest BCUT2D eigenvalue weighted by Crippen LogP contribution is 2.34. The molecule has 1 unspecified atom stereocenters.